The average Bonchev–Trinajstić information content (AvgIpc) is 2.68. The topological polar surface area (TPSA) is 42.4 Å². The first-order valence-electron chi connectivity index (χ1n) is 8.32. The number of carbonyl (C=O) groups is 1. The Labute approximate surface area is 147 Å². The minimum absolute atomic E-state index is 0.170. The molecule has 1 aromatic heterocycles. The van der Waals surface area contributed by atoms with E-state index in [1.807, 2.05) is 67.6 Å². The van der Waals surface area contributed by atoms with E-state index in [1.165, 1.54) is 0 Å². The maximum absolute atomic E-state index is 13.3. The highest BCUT2D eigenvalue weighted by molar-refractivity contribution is 6.12. The third-order valence-electron chi connectivity index (χ3n) is 3.71. The van der Waals surface area contributed by atoms with Crippen molar-refractivity contribution in [2.75, 3.05) is 11.5 Å². The molecule has 126 valence electrons. The zero-order chi connectivity index (χ0) is 17.5. The fraction of sp³-hybridized carbons (Fsp3) is 0.143. The Morgan fingerprint density at radius 1 is 0.960 bits per heavy atom. The van der Waals surface area contributed by atoms with Gasteiger partial charge in [0, 0.05) is 23.8 Å². The highest BCUT2D eigenvalue weighted by atomic mass is 16.5. The Bertz CT molecular complexity index is 780. The van der Waals surface area contributed by atoms with Crippen molar-refractivity contribution in [1.29, 1.82) is 0 Å². The molecule has 0 saturated carbocycles. The van der Waals surface area contributed by atoms with Gasteiger partial charge in [-0.25, -0.2) is 0 Å². The summed E-state index contributed by atoms with van der Waals surface area (Å²) in [7, 11) is 0. The maximum Gasteiger partial charge on any atom is 0.268 e. The zero-order valence-electron chi connectivity index (χ0n) is 14.1. The molecule has 2 aromatic carbocycles. The predicted octanol–water partition coefficient (Wildman–Crippen LogP) is 4.85. The molecule has 4 nitrogen and oxygen atoms in total. The Hall–Kier alpha value is -3.14. The molecule has 0 N–H and O–H groups in total. The van der Waals surface area contributed by atoms with E-state index in [2.05, 4.69) is 4.98 Å². The van der Waals surface area contributed by atoms with E-state index in [0.717, 1.165) is 17.8 Å². The fourth-order valence-corrected chi connectivity index (χ4v) is 2.54. The molecule has 0 aliphatic carbocycles. The summed E-state index contributed by atoms with van der Waals surface area (Å²) in [6.45, 7) is 2.59. The lowest BCUT2D eigenvalue weighted by molar-refractivity contribution is 0.0995. The van der Waals surface area contributed by atoms with Crippen LogP contribution in [0.15, 0.2) is 79.1 Å². The van der Waals surface area contributed by atoms with Crippen LogP contribution in [0, 0.1) is 0 Å². The average molecular weight is 332 g/mol. The van der Waals surface area contributed by atoms with Crippen molar-refractivity contribution in [3.8, 4) is 5.75 Å². The minimum Gasteiger partial charge on any atom is -0.493 e. The Balaban J connectivity index is 2.04. The second-order valence-corrected chi connectivity index (χ2v) is 5.53. The second kappa shape index (κ2) is 8.11. The van der Waals surface area contributed by atoms with Crippen LogP contribution < -0.4 is 9.64 Å². The Morgan fingerprint density at radius 2 is 1.56 bits per heavy atom. The molecule has 0 fully saturated rings. The van der Waals surface area contributed by atoms with Gasteiger partial charge in [0.1, 0.15) is 11.3 Å². The van der Waals surface area contributed by atoms with Crippen molar-refractivity contribution in [3.63, 3.8) is 0 Å². The summed E-state index contributed by atoms with van der Waals surface area (Å²) in [5.74, 6) is 0.385. The fourth-order valence-electron chi connectivity index (χ4n) is 2.54. The maximum atomic E-state index is 13.3. The summed E-state index contributed by atoms with van der Waals surface area (Å²) < 4.78 is 5.74. The van der Waals surface area contributed by atoms with Crippen molar-refractivity contribution < 1.29 is 9.53 Å². The molecule has 0 bridgehead atoms. The summed E-state index contributed by atoms with van der Waals surface area (Å²) in [4.78, 5) is 19.1. The zero-order valence-corrected chi connectivity index (χ0v) is 14.1. The number of carbonyl (C=O) groups excluding carboxylic acids is 1. The summed E-state index contributed by atoms with van der Waals surface area (Å²) in [5.41, 5.74) is 2.04. The molecule has 4 heteroatoms. The van der Waals surface area contributed by atoms with Crippen LogP contribution in [-0.2, 0) is 0 Å². The number of anilines is 2. The highest BCUT2D eigenvalue weighted by Crippen LogP contribution is 2.29. The molecule has 0 spiro atoms. The summed E-state index contributed by atoms with van der Waals surface area (Å²) in [6, 6.07) is 20.9. The predicted molar refractivity (Wildman–Crippen MR) is 99.4 cm³/mol. The van der Waals surface area contributed by atoms with E-state index in [4.69, 9.17) is 4.74 Å². The largest absolute Gasteiger partial charge is 0.493 e. The molecule has 0 saturated heterocycles. The first kappa shape index (κ1) is 16.7. The van der Waals surface area contributed by atoms with Crippen LogP contribution in [0.1, 0.15) is 23.7 Å². The molecule has 25 heavy (non-hydrogen) atoms. The standard InChI is InChI=1S/C21H20N2O2/c1-2-15-25-20-13-14-22-16-19(20)21(24)23(17-9-5-3-6-10-17)18-11-7-4-8-12-18/h3-14,16H,2,15H2,1H3. The van der Waals surface area contributed by atoms with Gasteiger partial charge >= 0.3 is 0 Å². The first-order valence-corrected chi connectivity index (χ1v) is 8.32. The lowest BCUT2D eigenvalue weighted by Crippen LogP contribution is -2.26. The van der Waals surface area contributed by atoms with Gasteiger partial charge in [-0.05, 0) is 36.8 Å². The molecule has 1 heterocycles. The van der Waals surface area contributed by atoms with E-state index in [-0.39, 0.29) is 5.91 Å². The van der Waals surface area contributed by atoms with E-state index in [9.17, 15) is 4.79 Å². The van der Waals surface area contributed by atoms with Crippen LogP contribution in [0.3, 0.4) is 0 Å². The van der Waals surface area contributed by atoms with Crippen molar-refractivity contribution in [3.05, 3.63) is 84.7 Å². The number of pyridine rings is 1. The van der Waals surface area contributed by atoms with Gasteiger partial charge in [0.05, 0.1) is 6.61 Å². The van der Waals surface area contributed by atoms with Gasteiger partial charge in [-0.3, -0.25) is 14.7 Å². The molecule has 3 rings (SSSR count). The molecule has 0 atom stereocenters. The quantitative estimate of drug-likeness (QED) is 0.648. The smallest absolute Gasteiger partial charge is 0.268 e. The van der Waals surface area contributed by atoms with Crippen LogP contribution in [0.4, 0.5) is 11.4 Å². The number of benzene rings is 2. The number of amides is 1. The Kier molecular flexibility index (Phi) is 5.42. The second-order valence-electron chi connectivity index (χ2n) is 5.53. The third-order valence-corrected chi connectivity index (χ3v) is 3.71. The number of nitrogens with zero attached hydrogens (tertiary/aromatic N) is 2. The number of para-hydroxylation sites is 2. The summed E-state index contributed by atoms with van der Waals surface area (Å²) >= 11 is 0. The van der Waals surface area contributed by atoms with E-state index in [1.54, 1.807) is 23.4 Å². The van der Waals surface area contributed by atoms with Crippen LogP contribution in [-0.4, -0.2) is 17.5 Å². The summed E-state index contributed by atoms with van der Waals surface area (Å²) in [5, 5.41) is 0. The van der Waals surface area contributed by atoms with E-state index >= 15 is 0 Å². The first-order chi connectivity index (χ1) is 12.3. The van der Waals surface area contributed by atoms with Crippen molar-refractivity contribution in [2.24, 2.45) is 0 Å². The van der Waals surface area contributed by atoms with E-state index < -0.39 is 0 Å². The van der Waals surface area contributed by atoms with E-state index in [0.29, 0.717) is 17.9 Å². The number of hydrogen-bond donors (Lipinski definition) is 0. The van der Waals surface area contributed by atoms with Gasteiger partial charge in [-0.1, -0.05) is 43.3 Å². The van der Waals surface area contributed by atoms with Crippen molar-refractivity contribution in [2.45, 2.75) is 13.3 Å². The lowest BCUT2D eigenvalue weighted by Gasteiger charge is -2.24. The third kappa shape index (κ3) is 3.86. The highest BCUT2D eigenvalue weighted by Gasteiger charge is 2.23. The summed E-state index contributed by atoms with van der Waals surface area (Å²) in [6.07, 6.45) is 4.07. The number of rotatable bonds is 6. The molecule has 0 aliphatic heterocycles. The van der Waals surface area contributed by atoms with Gasteiger partial charge in [-0.15, -0.1) is 0 Å². The van der Waals surface area contributed by atoms with Gasteiger partial charge < -0.3 is 4.74 Å². The number of hydrogen-bond acceptors (Lipinski definition) is 3. The molecule has 3 aromatic rings. The van der Waals surface area contributed by atoms with Gasteiger partial charge in [0.25, 0.3) is 5.91 Å². The van der Waals surface area contributed by atoms with Crippen LogP contribution >= 0.6 is 0 Å². The molecule has 1 amide bonds. The monoisotopic (exact) mass is 332 g/mol. The molecule has 0 radical (unpaired) electrons. The molecule has 0 unspecified atom stereocenters. The van der Waals surface area contributed by atoms with Crippen LogP contribution in [0.25, 0.3) is 0 Å². The van der Waals surface area contributed by atoms with Gasteiger partial charge in [0.15, 0.2) is 0 Å². The molecule has 0 aliphatic rings. The minimum atomic E-state index is -0.170. The number of ether oxygens (including phenoxy) is 1. The normalized spacial score (nSPS) is 10.3. The Morgan fingerprint density at radius 3 is 2.12 bits per heavy atom. The SMILES string of the molecule is CCCOc1ccncc1C(=O)N(c1ccccc1)c1ccccc1. The van der Waals surface area contributed by atoms with Crippen molar-refractivity contribution in [1.82, 2.24) is 4.98 Å². The lowest BCUT2D eigenvalue weighted by atomic mass is 10.1. The number of aromatic nitrogens is 1. The molecular formula is C21H20N2O2. The van der Waals surface area contributed by atoms with Crippen molar-refractivity contribution >= 4 is 17.3 Å². The van der Waals surface area contributed by atoms with Crippen LogP contribution in [0.2, 0.25) is 0 Å². The van der Waals surface area contributed by atoms with Crippen LogP contribution in [0.5, 0.6) is 5.75 Å². The van der Waals surface area contributed by atoms with Gasteiger partial charge in [-0.2, -0.15) is 0 Å². The molecular weight excluding hydrogens is 312 g/mol. The van der Waals surface area contributed by atoms with Gasteiger partial charge in [0.2, 0.25) is 0 Å².